The lowest BCUT2D eigenvalue weighted by atomic mass is 9.94. The van der Waals surface area contributed by atoms with Gasteiger partial charge < -0.3 is 30.9 Å². The minimum atomic E-state index is -0.539. The fraction of sp³-hybridized carbons (Fsp3) is 0.558. The van der Waals surface area contributed by atoms with E-state index < -0.39 is 23.9 Å². The van der Waals surface area contributed by atoms with Gasteiger partial charge in [0.15, 0.2) is 0 Å². The number of carbonyl (C=O) groups is 4. The van der Waals surface area contributed by atoms with E-state index in [1.165, 1.54) is 75.3 Å². The molecule has 2 saturated heterocycles. The van der Waals surface area contributed by atoms with E-state index >= 15 is 0 Å². The molecule has 3 aromatic rings. The average Bonchev–Trinajstić information content (AvgIpc) is 4.16. The highest BCUT2D eigenvalue weighted by atomic mass is 16.5. The van der Waals surface area contributed by atoms with E-state index in [0.717, 1.165) is 25.7 Å². The molecule has 63 heavy (non-hydrogen) atoms. The molecule has 338 valence electrons. The number of nitrogens with zero attached hydrogens (tertiary/aromatic N) is 3. The molecular weight excluding hydrogens is 789 g/mol. The number of amidine groups is 1. The third kappa shape index (κ3) is 12.4. The molecule has 2 aliphatic heterocycles. The van der Waals surface area contributed by atoms with Gasteiger partial charge in [0.25, 0.3) is 11.8 Å². The number of hydrogen-bond donors (Lipinski definition) is 3. The normalized spacial score (nSPS) is 25.2. The number of hydrogen-bond acceptors (Lipinski definition) is 6. The number of unbranched alkanes of at least 4 members (excludes halogenated alkanes) is 11. The first-order chi connectivity index (χ1) is 30.7. The molecule has 2 heterocycles. The number of amides is 4. The number of likely N-dealkylation sites (tertiary alicyclic amines) is 2. The highest BCUT2D eigenvalue weighted by molar-refractivity contribution is 6.00. The molecule has 4 amide bonds. The maximum atomic E-state index is 14.1. The minimum Gasteiger partial charge on any atom is -0.387 e. The standard InChI is InChI=1S/C52H70N6O5/c1-3-4-5-6-7-8-9-10-11-12-13-20-29-54-49(59)44-34-58(35-47(44)63-2)52(62)39-27-25-38(26-28-39)51(61)57-32-42(48(53)55-45-30-40(45)36-21-16-14-17-22-36)43(33-57)50(60)56-46-31-41(46)37-23-18-15-19-24-37/h14-19,21-28,40-47H,3-13,20,29-35H2,1-2H3,(H2,53,55)(H,54,59)(H,56,60)/t40-,41-,42-,43-,44-,45+,46+,47-/m1/s1. The second-order valence-corrected chi connectivity index (χ2v) is 18.5. The summed E-state index contributed by atoms with van der Waals surface area (Å²) in [5.41, 5.74) is 10.0. The molecule has 0 unspecified atom stereocenters. The van der Waals surface area contributed by atoms with Crippen molar-refractivity contribution >= 4 is 29.5 Å². The third-order valence-corrected chi connectivity index (χ3v) is 13.9. The van der Waals surface area contributed by atoms with Crippen molar-refractivity contribution in [3.8, 4) is 0 Å². The summed E-state index contributed by atoms with van der Waals surface area (Å²) < 4.78 is 5.69. The Balaban J connectivity index is 0.897. The Kier molecular flexibility index (Phi) is 16.5. The first kappa shape index (κ1) is 46.0. The zero-order chi connectivity index (χ0) is 44.1. The minimum absolute atomic E-state index is 0.0444. The molecule has 4 N–H and O–H groups in total. The summed E-state index contributed by atoms with van der Waals surface area (Å²) in [5.74, 6) is -1.04. The summed E-state index contributed by atoms with van der Waals surface area (Å²) in [5, 5.41) is 6.35. The van der Waals surface area contributed by atoms with Crippen LogP contribution in [0.1, 0.15) is 140 Å². The number of nitrogens with two attached hydrogens (primary N) is 1. The zero-order valence-corrected chi connectivity index (χ0v) is 37.6. The van der Waals surface area contributed by atoms with Crippen molar-refractivity contribution in [1.29, 1.82) is 0 Å². The van der Waals surface area contributed by atoms with Crippen LogP contribution in [0.4, 0.5) is 0 Å². The number of rotatable bonds is 23. The van der Waals surface area contributed by atoms with Crippen LogP contribution < -0.4 is 16.4 Å². The number of ether oxygens (including phenoxy) is 1. The van der Waals surface area contributed by atoms with Gasteiger partial charge in [-0.1, -0.05) is 138 Å². The summed E-state index contributed by atoms with van der Waals surface area (Å²) in [6.07, 6.45) is 16.6. The van der Waals surface area contributed by atoms with Crippen molar-refractivity contribution in [2.45, 2.75) is 127 Å². The monoisotopic (exact) mass is 859 g/mol. The lowest BCUT2D eigenvalue weighted by molar-refractivity contribution is -0.127. The lowest BCUT2D eigenvalue weighted by Gasteiger charge is -2.18. The van der Waals surface area contributed by atoms with E-state index in [4.69, 9.17) is 15.5 Å². The highest BCUT2D eigenvalue weighted by Crippen LogP contribution is 2.44. The second kappa shape index (κ2) is 22.5. The Morgan fingerprint density at radius 1 is 0.619 bits per heavy atom. The summed E-state index contributed by atoms with van der Waals surface area (Å²) in [4.78, 5) is 63.3. The van der Waals surface area contributed by atoms with Crippen LogP contribution in [0.5, 0.6) is 0 Å². The molecule has 7 rings (SSSR count). The molecule has 2 saturated carbocycles. The van der Waals surface area contributed by atoms with Gasteiger partial charge in [-0.25, -0.2) is 0 Å². The molecule has 0 spiro atoms. The molecule has 3 aromatic carbocycles. The predicted molar refractivity (Wildman–Crippen MR) is 249 cm³/mol. The molecule has 0 radical (unpaired) electrons. The summed E-state index contributed by atoms with van der Waals surface area (Å²) in [6, 6.07) is 27.3. The maximum Gasteiger partial charge on any atom is 0.253 e. The first-order valence-electron chi connectivity index (χ1n) is 24.0. The predicted octanol–water partition coefficient (Wildman–Crippen LogP) is 7.86. The van der Waals surface area contributed by atoms with Crippen LogP contribution in [0.3, 0.4) is 0 Å². The highest BCUT2D eigenvalue weighted by Gasteiger charge is 2.47. The Bertz CT molecular complexity index is 1990. The number of benzene rings is 3. The Morgan fingerprint density at radius 2 is 1.13 bits per heavy atom. The molecule has 2 aliphatic carbocycles. The Hall–Kier alpha value is -5.03. The van der Waals surface area contributed by atoms with E-state index in [-0.39, 0.29) is 61.3 Å². The summed E-state index contributed by atoms with van der Waals surface area (Å²) >= 11 is 0. The quantitative estimate of drug-likeness (QED) is 0.0503. The van der Waals surface area contributed by atoms with Crippen LogP contribution in [0, 0.1) is 17.8 Å². The van der Waals surface area contributed by atoms with Crippen LogP contribution >= 0.6 is 0 Å². The van der Waals surface area contributed by atoms with Gasteiger partial charge in [-0.2, -0.15) is 0 Å². The number of aliphatic imine (C=N–C) groups is 1. The van der Waals surface area contributed by atoms with Gasteiger partial charge >= 0.3 is 0 Å². The first-order valence-corrected chi connectivity index (χ1v) is 24.0. The third-order valence-electron chi connectivity index (χ3n) is 13.9. The molecule has 0 bridgehead atoms. The van der Waals surface area contributed by atoms with Gasteiger partial charge in [-0.3, -0.25) is 24.2 Å². The van der Waals surface area contributed by atoms with Gasteiger partial charge in [0.2, 0.25) is 11.8 Å². The molecule has 8 atom stereocenters. The van der Waals surface area contributed by atoms with Crippen molar-refractivity contribution in [3.63, 3.8) is 0 Å². The van der Waals surface area contributed by atoms with E-state index in [9.17, 15) is 19.2 Å². The summed E-state index contributed by atoms with van der Waals surface area (Å²) in [7, 11) is 1.59. The van der Waals surface area contributed by atoms with E-state index in [1.54, 1.807) is 41.2 Å². The molecule has 11 heteroatoms. The van der Waals surface area contributed by atoms with Crippen LogP contribution in [-0.4, -0.2) is 97.3 Å². The van der Waals surface area contributed by atoms with E-state index in [0.29, 0.717) is 36.0 Å². The molecule has 4 aliphatic rings. The van der Waals surface area contributed by atoms with Crippen molar-refractivity contribution in [1.82, 2.24) is 20.4 Å². The smallest absolute Gasteiger partial charge is 0.253 e. The number of nitrogens with one attached hydrogen (secondary N) is 2. The van der Waals surface area contributed by atoms with Crippen molar-refractivity contribution in [2.24, 2.45) is 28.5 Å². The second-order valence-electron chi connectivity index (χ2n) is 18.5. The summed E-state index contributed by atoms with van der Waals surface area (Å²) in [6.45, 7) is 3.96. The van der Waals surface area contributed by atoms with Crippen molar-refractivity contribution in [3.05, 3.63) is 107 Å². The van der Waals surface area contributed by atoms with Gasteiger partial charge in [-0.05, 0) is 54.7 Å². The van der Waals surface area contributed by atoms with Crippen molar-refractivity contribution < 1.29 is 23.9 Å². The largest absolute Gasteiger partial charge is 0.387 e. The van der Waals surface area contributed by atoms with E-state index in [1.807, 2.05) is 36.4 Å². The number of carbonyl (C=O) groups excluding carboxylic acids is 4. The van der Waals surface area contributed by atoms with Gasteiger partial charge in [-0.15, -0.1) is 0 Å². The Morgan fingerprint density at radius 3 is 1.70 bits per heavy atom. The van der Waals surface area contributed by atoms with Gasteiger partial charge in [0, 0.05) is 74.8 Å². The Labute approximate surface area is 375 Å². The van der Waals surface area contributed by atoms with Crippen LogP contribution in [0.15, 0.2) is 89.9 Å². The average molecular weight is 859 g/mol. The number of methoxy groups -OCH3 is 1. The fourth-order valence-electron chi connectivity index (χ4n) is 9.78. The van der Waals surface area contributed by atoms with Crippen LogP contribution in [0.25, 0.3) is 0 Å². The zero-order valence-electron chi connectivity index (χ0n) is 37.6. The van der Waals surface area contributed by atoms with E-state index in [2.05, 4.69) is 41.8 Å². The topological polar surface area (TPSA) is 146 Å². The lowest BCUT2D eigenvalue weighted by Crippen LogP contribution is -2.41. The van der Waals surface area contributed by atoms with Crippen LogP contribution in [-0.2, 0) is 14.3 Å². The maximum absolute atomic E-state index is 14.1. The molecule has 11 nitrogen and oxygen atoms in total. The fourth-order valence-corrected chi connectivity index (χ4v) is 9.78. The van der Waals surface area contributed by atoms with Crippen molar-refractivity contribution in [2.75, 3.05) is 39.8 Å². The van der Waals surface area contributed by atoms with Crippen LogP contribution in [0.2, 0.25) is 0 Å². The molecule has 0 aromatic heterocycles. The SMILES string of the molecule is CCCCCCCCCCCCCCNC(=O)[C@@H]1CN(C(=O)c2ccc(C(=O)N3C[C@@H](C(=O)N[C@H]4C[C@@H]4c4ccccc4)[C@H](C(N)=N[C@H]4C[C@@H]4c4ccccc4)C3)cc2)C[C@H]1OC. The molecule has 4 fully saturated rings. The van der Waals surface area contributed by atoms with Gasteiger partial charge in [0.05, 0.1) is 29.8 Å². The molecular formula is C52H70N6O5. The van der Waals surface area contributed by atoms with Gasteiger partial charge in [0.1, 0.15) is 0 Å².